The maximum atomic E-state index is 13.5. The minimum atomic E-state index is -0.313. The Morgan fingerprint density at radius 1 is 1.56 bits per heavy atom. The van der Waals surface area contributed by atoms with Crippen molar-refractivity contribution in [2.24, 2.45) is 0 Å². The monoisotopic (exact) mass is 243 g/mol. The fraction of sp³-hybridized carbons (Fsp3) is 0.727. The molecule has 5 heteroatoms. The number of halogens is 1. The van der Waals surface area contributed by atoms with E-state index >= 15 is 0 Å². The summed E-state index contributed by atoms with van der Waals surface area (Å²) in [6, 6.07) is 0.563. The van der Waals surface area contributed by atoms with Gasteiger partial charge in [-0.05, 0) is 26.3 Å². The van der Waals surface area contributed by atoms with Crippen LogP contribution in [0.15, 0.2) is 0 Å². The predicted octanol–water partition coefficient (Wildman–Crippen LogP) is 2.70. The third kappa shape index (κ3) is 2.52. The van der Waals surface area contributed by atoms with Crippen LogP contribution in [-0.4, -0.2) is 29.5 Å². The van der Waals surface area contributed by atoms with Gasteiger partial charge in [-0.25, -0.2) is 0 Å². The molecule has 0 aromatic carbocycles. The van der Waals surface area contributed by atoms with Crippen LogP contribution in [0.25, 0.3) is 0 Å². The van der Waals surface area contributed by atoms with E-state index in [0.717, 1.165) is 11.4 Å². The zero-order chi connectivity index (χ0) is 11.5. The molecular weight excluding hydrogens is 225 g/mol. The lowest BCUT2D eigenvalue weighted by atomic mass is 10.0. The highest BCUT2D eigenvalue weighted by Crippen LogP contribution is 2.26. The fourth-order valence-electron chi connectivity index (χ4n) is 2.11. The van der Waals surface area contributed by atoms with Gasteiger partial charge in [0.15, 0.2) is 5.13 Å². The van der Waals surface area contributed by atoms with Crippen molar-refractivity contribution in [3.05, 3.63) is 10.8 Å². The molecule has 0 amide bonds. The lowest BCUT2D eigenvalue weighted by Crippen LogP contribution is -2.36. The van der Waals surface area contributed by atoms with Gasteiger partial charge in [0.2, 0.25) is 5.95 Å². The Morgan fingerprint density at radius 2 is 2.38 bits per heavy atom. The molecular formula is C11H18FN3S. The molecule has 0 bridgehead atoms. The van der Waals surface area contributed by atoms with E-state index in [-0.39, 0.29) is 5.95 Å². The number of nitrogens with one attached hydrogen (secondary N) is 1. The molecule has 16 heavy (non-hydrogen) atoms. The van der Waals surface area contributed by atoms with Gasteiger partial charge in [0.1, 0.15) is 0 Å². The number of hydrogen-bond acceptors (Lipinski definition) is 4. The summed E-state index contributed by atoms with van der Waals surface area (Å²) in [7, 11) is 1.77. The first-order chi connectivity index (χ1) is 7.70. The van der Waals surface area contributed by atoms with Crippen LogP contribution >= 0.6 is 11.3 Å². The Kier molecular flexibility index (Phi) is 3.76. The van der Waals surface area contributed by atoms with E-state index in [2.05, 4.69) is 22.1 Å². The lowest BCUT2D eigenvalue weighted by Gasteiger charge is -2.32. The third-order valence-corrected chi connectivity index (χ3v) is 4.18. The van der Waals surface area contributed by atoms with Crippen molar-refractivity contribution in [1.29, 1.82) is 0 Å². The quantitative estimate of drug-likeness (QED) is 0.884. The molecule has 0 aliphatic carbocycles. The normalized spacial score (nSPS) is 22.3. The topological polar surface area (TPSA) is 28.2 Å². The second kappa shape index (κ2) is 5.10. The van der Waals surface area contributed by atoms with Crippen LogP contribution in [0.2, 0.25) is 0 Å². The number of anilines is 1. The maximum absolute atomic E-state index is 13.5. The fourth-order valence-corrected chi connectivity index (χ4v) is 2.94. The molecule has 0 saturated carbocycles. The van der Waals surface area contributed by atoms with Gasteiger partial charge in [0.25, 0.3) is 0 Å². The van der Waals surface area contributed by atoms with Gasteiger partial charge in [-0.2, -0.15) is 9.37 Å². The largest absolute Gasteiger partial charge is 0.365 e. The van der Waals surface area contributed by atoms with E-state index in [1.807, 2.05) is 0 Å². The smallest absolute Gasteiger partial charge is 0.230 e. The van der Waals surface area contributed by atoms with Gasteiger partial charge in [-0.3, -0.25) is 4.90 Å². The summed E-state index contributed by atoms with van der Waals surface area (Å²) < 4.78 is 13.5. The van der Waals surface area contributed by atoms with Crippen LogP contribution in [0.4, 0.5) is 9.52 Å². The van der Waals surface area contributed by atoms with Crippen LogP contribution in [-0.2, 0) is 6.54 Å². The summed E-state index contributed by atoms with van der Waals surface area (Å²) in [5, 5.41) is 3.55. The molecule has 1 unspecified atom stereocenters. The first kappa shape index (κ1) is 11.8. The first-order valence-corrected chi connectivity index (χ1v) is 6.59. The van der Waals surface area contributed by atoms with Crippen LogP contribution < -0.4 is 5.32 Å². The average Bonchev–Trinajstić information content (AvgIpc) is 2.63. The second-order valence-electron chi connectivity index (χ2n) is 4.30. The Labute approximate surface area is 99.7 Å². The minimum absolute atomic E-state index is 0.313. The maximum Gasteiger partial charge on any atom is 0.230 e. The molecule has 1 N–H and O–H groups in total. The number of aromatic nitrogens is 1. The summed E-state index contributed by atoms with van der Waals surface area (Å²) in [6.45, 7) is 4.00. The summed E-state index contributed by atoms with van der Waals surface area (Å²) >= 11 is 1.42. The number of likely N-dealkylation sites (tertiary alicyclic amines) is 1. The number of piperidine rings is 1. The summed E-state index contributed by atoms with van der Waals surface area (Å²) in [6.07, 6.45) is 3.74. The molecule has 0 spiro atoms. The van der Waals surface area contributed by atoms with Gasteiger partial charge in [-0.15, -0.1) is 0 Å². The van der Waals surface area contributed by atoms with E-state index < -0.39 is 0 Å². The Bertz CT molecular complexity index is 353. The number of nitrogens with zero attached hydrogens (tertiary/aromatic N) is 2. The predicted molar refractivity (Wildman–Crippen MR) is 65.3 cm³/mol. The van der Waals surface area contributed by atoms with Gasteiger partial charge < -0.3 is 5.32 Å². The summed E-state index contributed by atoms with van der Waals surface area (Å²) in [4.78, 5) is 6.93. The van der Waals surface area contributed by atoms with Crippen molar-refractivity contribution >= 4 is 16.5 Å². The van der Waals surface area contributed by atoms with Gasteiger partial charge in [-0.1, -0.05) is 17.8 Å². The van der Waals surface area contributed by atoms with E-state index in [1.54, 1.807) is 7.05 Å². The molecule has 1 atom stereocenters. The van der Waals surface area contributed by atoms with Crippen LogP contribution in [0.1, 0.15) is 31.1 Å². The standard InChI is InChI=1S/C11H18FN3S/c1-8-5-3-4-6-15(8)7-9-10(12)14-11(13-2)16-9/h8H,3-7H2,1-2H3,(H,13,14). The van der Waals surface area contributed by atoms with Gasteiger partial charge in [0, 0.05) is 19.6 Å². The van der Waals surface area contributed by atoms with Gasteiger partial charge >= 0.3 is 0 Å². The molecule has 3 nitrogen and oxygen atoms in total. The number of thiazole rings is 1. The lowest BCUT2D eigenvalue weighted by molar-refractivity contribution is 0.152. The molecule has 1 saturated heterocycles. The van der Waals surface area contributed by atoms with Crippen molar-refractivity contribution in [3.63, 3.8) is 0 Å². The van der Waals surface area contributed by atoms with Crippen molar-refractivity contribution in [2.45, 2.75) is 38.8 Å². The SMILES string of the molecule is CNc1nc(F)c(CN2CCCCC2C)s1. The van der Waals surface area contributed by atoms with Crippen molar-refractivity contribution < 1.29 is 4.39 Å². The van der Waals surface area contributed by atoms with E-state index in [4.69, 9.17) is 0 Å². The van der Waals surface area contributed by atoms with Crippen LogP contribution in [0.5, 0.6) is 0 Å². The molecule has 0 radical (unpaired) electrons. The Hall–Kier alpha value is -0.680. The molecule has 1 aliphatic rings. The highest BCUT2D eigenvalue weighted by molar-refractivity contribution is 7.15. The average molecular weight is 243 g/mol. The van der Waals surface area contributed by atoms with E-state index in [1.165, 1.54) is 30.6 Å². The Morgan fingerprint density at radius 3 is 3.00 bits per heavy atom. The van der Waals surface area contributed by atoms with Crippen molar-refractivity contribution in [1.82, 2.24) is 9.88 Å². The molecule has 1 fully saturated rings. The number of rotatable bonds is 3. The van der Waals surface area contributed by atoms with E-state index in [0.29, 0.717) is 17.7 Å². The van der Waals surface area contributed by atoms with Crippen LogP contribution in [0.3, 0.4) is 0 Å². The van der Waals surface area contributed by atoms with E-state index in [9.17, 15) is 4.39 Å². The van der Waals surface area contributed by atoms with Gasteiger partial charge in [0.05, 0.1) is 4.88 Å². The molecule has 2 rings (SSSR count). The van der Waals surface area contributed by atoms with Crippen LogP contribution in [0, 0.1) is 5.95 Å². The zero-order valence-corrected chi connectivity index (χ0v) is 10.6. The highest BCUT2D eigenvalue weighted by atomic mass is 32.1. The second-order valence-corrected chi connectivity index (χ2v) is 5.38. The Balaban J connectivity index is 2.04. The minimum Gasteiger partial charge on any atom is -0.365 e. The molecule has 1 aliphatic heterocycles. The third-order valence-electron chi connectivity index (χ3n) is 3.15. The number of hydrogen-bond donors (Lipinski definition) is 1. The molecule has 2 heterocycles. The molecule has 1 aromatic heterocycles. The molecule has 90 valence electrons. The first-order valence-electron chi connectivity index (χ1n) is 5.77. The highest BCUT2D eigenvalue weighted by Gasteiger charge is 2.21. The van der Waals surface area contributed by atoms with Crippen molar-refractivity contribution in [3.8, 4) is 0 Å². The zero-order valence-electron chi connectivity index (χ0n) is 9.79. The summed E-state index contributed by atoms with van der Waals surface area (Å²) in [5.41, 5.74) is 0. The van der Waals surface area contributed by atoms with Crippen molar-refractivity contribution in [2.75, 3.05) is 18.9 Å². The summed E-state index contributed by atoms with van der Waals surface area (Å²) in [5.74, 6) is -0.313. The molecule has 1 aromatic rings.